The predicted molar refractivity (Wildman–Crippen MR) is 69.5 cm³/mol. The van der Waals surface area contributed by atoms with Crippen LogP contribution in [0.15, 0.2) is 18.3 Å². The molecule has 1 heterocycles. The monoisotopic (exact) mass is 232 g/mol. The van der Waals surface area contributed by atoms with Crippen LogP contribution in [0.1, 0.15) is 32.5 Å². The summed E-state index contributed by atoms with van der Waals surface area (Å²) >= 11 is 0. The number of hydrogen-bond donors (Lipinski definition) is 1. The lowest BCUT2D eigenvalue weighted by Crippen LogP contribution is -2.27. The summed E-state index contributed by atoms with van der Waals surface area (Å²) in [4.78, 5) is 6.48. The van der Waals surface area contributed by atoms with Crippen molar-refractivity contribution in [3.8, 4) is 6.07 Å². The van der Waals surface area contributed by atoms with E-state index in [2.05, 4.69) is 22.9 Å². The molecular formula is C13H20N4. The van der Waals surface area contributed by atoms with Gasteiger partial charge in [-0.05, 0) is 32.9 Å². The molecule has 2 N–H and O–H groups in total. The van der Waals surface area contributed by atoms with E-state index in [9.17, 15) is 0 Å². The van der Waals surface area contributed by atoms with E-state index in [4.69, 9.17) is 11.0 Å². The first-order chi connectivity index (χ1) is 8.08. The van der Waals surface area contributed by atoms with Crippen molar-refractivity contribution in [3.63, 3.8) is 0 Å². The second-order valence-corrected chi connectivity index (χ2v) is 4.30. The lowest BCUT2D eigenvalue weighted by atomic mass is 10.1. The molecule has 0 bridgehead atoms. The Kier molecular flexibility index (Phi) is 4.92. The van der Waals surface area contributed by atoms with Crippen molar-refractivity contribution in [1.29, 1.82) is 5.26 Å². The number of aromatic nitrogens is 1. The molecule has 4 heteroatoms. The quantitative estimate of drug-likeness (QED) is 0.844. The minimum atomic E-state index is -0.0443. The Hall–Kier alpha value is -1.60. The maximum atomic E-state index is 8.83. The highest BCUT2D eigenvalue weighted by Gasteiger charge is 2.10. The molecule has 0 saturated carbocycles. The van der Waals surface area contributed by atoms with Crippen LogP contribution in [-0.2, 0) is 0 Å². The average molecular weight is 232 g/mol. The van der Waals surface area contributed by atoms with Gasteiger partial charge in [-0.25, -0.2) is 0 Å². The van der Waals surface area contributed by atoms with Gasteiger partial charge in [-0.15, -0.1) is 0 Å². The van der Waals surface area contributed by atoms with Gasteiger partial charge < -0.3 is 10.6 Å². The zero-order valence-electron chi connectivity index (χ0n) is 10.7. The van der Waals surface area contributed by atoms with E-state index in [0.29, 0.717) is 0 Å². The van der Waals surface area contributed by atoms with Crippen LogP contribution in [0, 0.1) is 17.2 Å². The van der Waals surface area contributed by atoms with E-state index in [1.165, 1.54) is 0 Å². The first kappa shape index (κ1) is 13.5. The molecule has 0 aliphatic rings. The van der Waals surface area contributed by atoms with Crippen molar-refractivity contribution >= 4 is 5.69 Å². The van der Waals surface area contributed by atoms with Crippen LogP contribution in [0.5, 0.6) is 0 Å². The third kappa shape index (κ3) is 3.72. The lowest BCUT2D eigenvalue weighted by molar-refractivity contribution is 0.684. The fourth-order valence-electron chi connectivity index (χ4n) is 1.64. The van der Waals surface area contributed by atoms with Crippen LogP contribution in [0.3, 0.4) is 0 Å². The van der Waals surface area contributed by atoms with Crippen molar-refractivity contribution in [2.75, 3.05) is 18.0 Å². The van der Waals surface area contributed by atoms with Gasteiger partial charge in [0, 0.05) is 19.1 Å². The van der Waals surface area contributed by atoms with Crippen molar-refractivity contribution in [2.24, 2.45) is 11.7 Å². The van der Waals surface area contributed by atoms with Gasteiger partial charge in [-0.1, -0.05) is 0 Å². The second kappa shape index (κ2) is 6.21. The van der Waals surface area contributed by atoms with Crippen LogP contribution >= 0.6 is 0 Å². The van der Waals surface area contributed by atoms with E-state index in [1.807, 2.05) is 32.2 Å². The SMILES string of the molecule is CCN(CC(C)C#N)c1ccc(C(C)N)nc1. The molecule has 0 amide bonds. The molecule has 92 valence electrons. The topological polar surface area (TPSA) is 65.9 Å². The molecule has 17 heavy (non-hydrogen) atoms. The predicted octanol–water partition coefficient (Wildman–Crippen LogP) is 2.09. The Labute approximate surface area is 103 Å². The Balaban J connectivity index is 2.79. The highest BCUT2D eigenvalue weighted by molar-refractivity contribution is 5.44. The molecule has 0 aliphatic heterocycles. The largest absolute Gasteiger partial charge is 0.369 e. The van der Waals surface area contributed by atoms with Gasteiger partial charge in [-0.2, -0.15) is 5.26 Å². The molecule has 0 radical (unpaired) electrons. The number of nitriles is 1. The van der Waals surface area contributed by atoms with Gasteiger partial charge in [0.1, 0.15) is 0 Å². The number of pyridine rings is 1. The third-order valence-corrected chi connectivity index (χ3v) is 2.70. The molecule has 2 atom stereocenters. The van der Waals surface area contributed by atoms with Gasteiger partial charge >= 0.3 is 0 Å². The summed E-state index contributed by atoms with van der Waals surface area (Å²) in [6, 6.07) is 6.16. The molecule has 0 saturated heterocycles. The van der Waals surface area contributed by atoms with Crippen LogP contribution in [0.4, 0.5) is 5.69 Å². The number of rotatable bonds is 5. The van der Waals surface area contributed by atoms with Gasteiger partial charge in [-0.3, -0.25) is 4.98 Å². The Morgan fingerprint density at radius 3 is 2.59 bits per heavy atom. The normalized spacial score (nSPS) is 13.8. The molecule has 0 fully saturated rings. The second-order valence-electron chi connectivity index (χ2n) is 4.30. The number of hydrogen-bond acceptors (Lipinski definition) is 4. The maximum absolute atomic E-state index is 8.83. The van der Waals surface area contributed by atoms with E-state index in [-0.39, 0.29) is 12.0 Å². The summed E-state index contributed by atoms with van der Waals surface area (Å²) in [5, 5.41) is 8.83. The summed E-state index contributed by atoms with van der Waals surface area (Å²) in [7, 11) is 0. The van der Waals surface area contributed by atoms with Crippen molar-refractivity contribution in [1.82, 2.24) is 4.98 Å². The molecule has 1 aromatic rings. The van der Waals surface area contributed by atoms with Crippen LogP contribution in [0.2, 0.25) is 0 Å². The van der Waals surface area contributed by atoms with Crippen LogP contribution in [-0.4, -0.2) is 18.1 Å². The zero-order chi connectivity index (χ0) is 12.8. The molecule has 0 aliphatic carbocycles. The van der Waals surface area contributed by atoms with E-state index in [1.54, 1.807) is 0 Å². The molecule has 0 spiro atoms. The van der Waals surface area contributed by atoms with Crippen LogP contribution in [0.25, 0.3) is 0 Å². The molecule has 1 aromatic heterocycles. The Morgan fingerprint density at radius 1 is 1.47 bits per heavy atom. The molecule has 2 unspecified atom stereocenters. The standard InChI is InChI=1S/C13H20N4/c1-4-17(9-10(2)7-14)12-5-6-13(11(3)15)16-8-12/h5-6,8,10-11H,4,9,15H2,1-3H3. The highest BCUT2D eigenvalue weighted by atomic mass is 15.1. The fraction of sp³-hybridized carbons (Fsp3) is 0.538. The lowest BCUT2D eigenvalue weighted by Gasteiger charge is -2.24. The Bertz CT molecular complexity index is 377. The first-order valence-corrected chi connectivity index (χ1v) is 5.94. The minimum Gasteiger partial charge on any atom is -0.369 e. The maximum Gasteiger partial charge on any atom is 0.0671 e. The smallest absolute Gasteiger partial charge is 0.0671 e. The first-order valence-electron chi connectivity index (χ1n) is 5.94. The Morgan fingerprint density at radius 2 is 2.18 bits per heavy atom. The number of nitrogens with two attached hydrogens (primary N) is 1. The molecule has 0 aromatic carbocycles. The van der Waals surface area contributed by atoms with Crippen molar-refractivity contribution < 1.29 is 0 Å². The molecule has 4 nitrogen and oxygen atoms in total. The fourth-order valence-corrected chi connectivity index (χ4v) is 1.64. The summed E-state index contributed by atoms with van der Waals surface area (Å²) < 4.78 is 0. The minimum absolute atomic E-state index is 0.0167. The highest BCUT2D eigenvalue weighted by Crippen LogP contribution is 2.16. The van der Waals surface area contributed by atoms with Gasteiger partial charge in [0.05, 0.1) is 29.6 Å². The van der Waals surface area contributed by atoms with Crippen molar-refractivity contribution in [3.05, 3.63) is 24.0 Å². The van der Waals surface area contributed by atoms with Gasteiger partial charge in [0.2, 0.25) is 0 Å². The van der Waals surface area contributed by atoms with Gasteiger partial charge in [0.15, 0.2) is 0 Å². The number of nitrogens with zero attached hydrogens (tertiary/aromatic N) is 3. The summed E-state index contributed by atoms with van der Waals surface area (Å²) in [6.45, 7) is 7.50. The van der Waals surface area contributed by atoms with E-state index < -0.39 is 0 Å². The zero-order valence-corrected chi connectivity index (χ0v) is 10.7. The summed E-state index contributed by atoms with van der Waals surface area (Å²) in [6.07, 6.45) is 1.83. The molecular weight excluding hydrogens is 212 g/mol. The van der Waals surface area contributed by atoms with Gasteiger partial charge in [0.25, 0.3) is 0 Å². The van der Waals surface area contributed by atoms with Crippen LogP contribution < -0.4 is 10.6 Å². The summed E-state index contributed by atoms with van der Waals surface area (Å²) in [5.41, 5.74) is 7.68. The number of anilines is 1. The van der Waals surface area contributed by atoms with E-state index >= 15 is 0 Å². The van der Waals surface area contributed by atoms with E-state index in [0.717, 1.165) is 24.5 Å². The molecule has 1 rings (SSSR count). The van der Waals surface area contributed by atoms with Crippen molar-refractivity contribution in [2.45, 2.75) is 26.8 Å². The average Bonchev–Trinajstić information content (AvgIpc) is 2.35. The third-order valence-electron chi connectivity index (χ3n) is 2.70. The summed E-state index contributed by atoms with van der Waals surface area (Å²) in [5.74, 6) is 0.0167.